The van der Waals surface area contributed by atoms with Crippen molar-refractivity contribution in [2.75, 3.05) is 13.1 Å². The number of rotatable bonds is 8. The van der Waals surface area contributed by atoms with Crippen LogP contribution in [0.4, 0.5) is 0 Å². The van der Waals surface area contributed by atoms with E-state index in [-0.39, 0.29) is 11.5 Å². The highest BCUT2D eigenvalue weighted by Crippen LogP contribution is 2.24. The van der Waals surface area contributed by atoms with Gasteiger partial charge in [0.2, 0.25) is 0 Å². The highest BCUT2D eigenvalue weighted by Gasteiger charge is 2.13. The third kappa shape index (κ3) is 6.42. The Kier molecular flexibility index (Phi) is 7.08. The SMILES string of the molecule is CCCNCCCC(C)Oc1ccc(C(C)(C)C)cc1. The first-order valence-corrected chi connectivity index (χ1v) is 7.91. The lowest BCUT2D eigenvalue weighted by molar-refractivity contribution is 0.207. The highest BCUT2D eigenvalue weighted by atomic mass is 16.5. The van der Waals surface area contributed by atoms with Crippen LogP contribution in [-0.2, 0) is 5.41 Å². The van der Waals surface area contributed by atoms with Crippen LogP contribution in [0, 0.1) is 0 Å². The summed E-state index contributed by atoms with van der Waals surface area (Å²) in [5, 5.41) is 3.42. The summed E-state index contributed by atoms with van der Waals surface area (Å²) in [5.74, 6) is 0.979. The molecule has 2 nitrogen and oxygen atoms in total. The van der Waals surface area contributed by atoms with E-state index in [2.05, 4.69) is 64.2 Å². The van der Waals surface area contributed by atoms with Crippen molar-refractivity contribution in [1.29, 1.82) is 0 Å². The van der Waals surface area contributed by atoms with E-state index in [1.54, 1.807) is 0 Å². The van der Waals surface area contributed by atoms with Gasteiger partial charge < -0.3 is 10.1 Å². The molecule has 0 aliphatic heterocycles. The smallest absolute Gasteiger partial charge is 0.119 e. The van der Waals surface area contributed by atoms with E-state index in [0.29, 0.717) is 0 Å². The van der Waals surface area contributed by atoms with Crippen LogP contribution in [0.5, 0.6) is 5.75 Å². The molecule has 0 fully saturated rings. The third-order valence-electron chi connectivity index (χ3n) is 3.45. The predicted molar refractivity (Wildman–Crippen MR) is 87.6 cm³/mol. The first-order valence-electron chi connectivity index (χ1n) is 7.91. The molecule has 1 aromatic rings. The van der Waals surface area contributed by atoms with Gasteiger partial charge in [-0.15, -0.1) is 0 Å². The Morgan fingerprint density at radius 2 is 1.75 bits per heavy atom. The second-order valence-corrected chi connectivity index (χ2v) is 6.60. The van der Waals surface area contributed by atoms with Gasteiger partial charge in [-0.1, -0.05) is 39.8 Å². The van der Waals surface area contributed by atoms with E-state index in [4.69, 9.17) is 4.74 Å². The Hall–Kier alpha value is -1.02. The van der Waals surface area contributed by atoms with Crippen molar-refractivity contribution >= 4 is 0 Å². The molecule has 0 bridgehead atoms. The minimum absolute atomic E-state index is 0.203. The van der Waals surface area contributed by atoms with Crippen LogP contribution in [0.25, 0.3) is 0 Å². The van der Waals surface area contributed by atoms with Gasteiger partial charge in [0.1, 0.15) is 5.75 Å². The quantitative estimate of drug-likeness (QED) is 0.705. The van der Waals surface area contributed by atoms with Crippen molar-refractivity contribution in [3.8, 4) is 5.75 Å². The van der Waals surface area contributed by atoms with Crippen LogP contribution < -0.4 is 10.1 Å². The lowest BCUT2D eigenvalue weighted by Gasteiger charge is -2.20. The van der Waals surface area contributed by atoms with Gasteiger partial charge in [0.25, 0.3) is 0 Å². The molecular weight excluding hydrogens is 246 g/mol. The summed E-state index contributed by atoms with van der Waals surface area (Å²) < 4.78 is 5.96. The Labute approximate surface area is 124 Å². The number of benzene rings is 1. The van der Waals surface area contributed by atoms with Crippen molar-refractivity contribution < 1.29 is 4.74 Å². The van der Waals surface area contributed by atoms with Crippen molar-refractivity contribution in [3.05, 3.63) is 29.8 Å². The second kappa shape index (κ2) is 8.31. The van der Waals surface area contributed by atoms with Gasteiger partial charge in [-0.05, 0) is 62.4 Å². The normalized spacial score (nSPS) is 13.2. The maximum atomic E-state index is 5.96. The molecule has 0 aliphatic rings. The highest BCUT2D eigenvalue weighted by molar-refractivity contribution is 5.31. The number of nitrogens with one attached hydrogen (secondary N) is 1. The monoisotopic (exact) mass is 277 g/mol. The first-order chi connectivity index (χ1) is 9.43. The number of hydrogen-bond acceptors (Lipinski definition) is 2. The number of hydrogen-bond donors (Lipinski definition) is 1. The van der Waals surface area contributed by atoms with Crippen molar-refractivity contribution in [2.24, 2.45) is 0 Å². The zero-order valence-corrected chi connectivity index (χ0v) is 13.8. The molecule has 1 aromatic carbocycles. The molecule has 1 N–H and O–H groups in total. The molecule has 1 rings (SSSR count). The van der Waals surface area contributed by atoms with E-state index in [0.717, 1.165) is 25.3 Å². The zero-order chi connectivity index (χ0) is 15.0. The fraction of sp³-hybridized carbons (Fsp3) is 0.667. The van der Waals surface area contributed by atoms with E-state index in [1.165, 1.54) is 18.4 Å². The van der Waals surface area contributed by atoms with E-state index in [1.807, 2.05) is 0 Å². The summed E-state index contributed by atoms with van der Waals surface area (Å²) in [6.07, 6.45) is 3.74. The van der Waals surface area contributed by atoms with Gasteiger partial charge in [0.15, 0.2) is 0 Å². The largest absolute Gasteiger partial charge is 0.491 e. The average molecular weight is 277 g/mol. The Bertz CT molecular complexity index is 364. The van der Waals surface area contributed by atoms with Crippen molar-refractivity contribution in [2.45, 2.75) is 65.4 Å². The Morgan fingerprint density at radius 3 is 2.30 bits per heavy atom. The van der Waals surface area contributed by atoms with E-state index < -0.39 is 0 Å². The van der Waals surface area contributed by atoms with Gasteiger partial charge in [-0.3, -0.25) is 0 Å². The molecule has 20 heavy (non-hydrogen) atoms. The average Bonchev–Trinajstić information content (AvgIpc) is 2.38. The van der Waals surface area contributed by atoms with Crippen molar-refractivity contribution in [3.63, 3.8) is 0 Å². The first kappa shape index (κ1) is 17.0. The minimum Gasteiger partial charge on any atom is -0.491 e. The topological polar surface area (TPSA) is 21.3 Å². The molecule has 1 atom stereocenters. The van der Waals surface area contributed by atoms with Crippen LogP contribution in [0.15, 0.2) is 24.3 Å². The molecule has 0 saturated heterocycles. The molecule has 1 unspecified atom stereocenters. The Balaban J connectivity index is 2.33. The molecule has 0 heterocycles. The molecule has 2 heteroatoms. The third-order valence-corrected chi connectivity index (χ3v) is 3.45. The maximum absolute atomic E-state index is 5.96. The summed E-state index contributed by atoms with van der Waals surface area (Å²) in [6, 6.07) is 8.52. The lowest BCUT2D eigenvalue weighted by atomic mass is 9.87. The molecule has 0 spiro atoms. The van der Waals surface area contributed by atoms with Crippen LogP contribution >= 0.6 is 0 Å². The predicted octanol–water partition coefficient (Wildman–Crippen LogP) is 4.53. The summed E-state index contributed by atoms with van der Waals surface area (Å²) >= 11 is 0. The van der Waals surface area contributed by atoms with Gasteiger partial charge in [0.05, 0.1) is 6.10 Å². The van der Waals surface area contributed by atoms with E-state index >= 15 is 0 Å². The molecule has 0 saturated carbocycles. The molecule has 0 aromatic heterocycles. The summed E-state index contributed by atoms with van der Waals surface area (Å²) in [7, 11) is 0. The van der Waals surface area contributed by atoms with Crippen LogP contribution in [0.3, 0.4) is 0 Å². The molecule has 0 amide bonds. The van der Waals surface area contributed by atoms with Crippen molar-refractivity contribution in [1.82, 2.24) is 5.32 Å². The fourth-order valence-corrected chi connectivity index (χ4v) is 2.14. The van der Waals surface area contributed by atoms with Gasteiger partial charge in [0, 0.05) is 0 Å². The molecule has 0 radical (unpaired) electrons. The molecular formula is C18H31NO. The van der Waals surface area contributed by atoms with Crippen LogP contribution in [0.1, 0.15) is 59.4 Å². The fourth-order valence-electron chi connectivity index (χ4n) is 2.14. The van der Waals surface area contributed by atoms with Gasteiger partial charge in [-0.2, -0.15) is 0 Å². The standard InChI is InChI=1S/C18H31NO/c1-6-13-19-14-7-8-15(2)20-17-11-9-16(10-12-17)18(3,4)5/h9-12,15,19H,6-8,13-14H2,1-5H3. The lowest BCUT2D eigenvalue weighted by Crippen LogP contribution is -2.19. The second-order valence-electron chi connectivity index (χ2n) is 6.60. The number of ether oxygens (including phenoxy) is 1. The maximum Gasteiger partial charge on any atom is 0.119 e. The molecule has 114 valence electrons. The van der Waals surface area contributed by atoms with Crippen LogP contribution in [-0.4, -0.2) is 19.2 Å². The summed E-state index contributed by atoms with van der Waals surface area (Å²) in [6.45, 7) is 13.2. The Morgan fingerprint density at radius 1 is 1.10 bits per heavy atom. The van der Waals surface area contributed by atoms with E-state index in [9.17, 15) is 0 Å². The summed E-state index contributed by atoms with van der Waals surface area (Å²) in [4.78, 5) is 0. The zero-order valence-electron chi connectivity index (χ0n) is 13.8. The van der Waals surface area contributed by atoms with Gasteiger partial charge >= 0.3 is 0 Å². The van der Waals surface area contributed by atoms with Gasteiger partial charge in [-0.25, -0.2) is 0 Å². The van der Waals surface area contributed by atoms with Crippen LogP contribution in [0.2, 0.25) is 0 Å². The summed E-state index contributed by atoms with van der Waals surface area (Å²) in [5.41, 5.74) is 1.55. The minimum atomic E-state index is 0.203. The molecule has 0 aliphatic carbocycles.